The number of carbonyl (C=O) groups is 2. The lowest BCUT2D eigenvalue weighted by atomic mass is 9.69. The van der Waals surface area contributed by atoms with Crippen LogP contribution in [0.3, 0.4) is 0 Å². The van der Waals surface area contributed by atoms with Crippen LogP contribution in [0.2, 0.25) is 0 Å². The van der Waals surface area contributed by atoms with Gasteiger partial charge in [-0.3, -0.25) is 4.79 Å². The van der Waals surface area contributed by atoms with E-state index in [1.807, 2.05) is 12.1 Å². The molecular formula is C27H27N3O4. The molecule has 0 radical (unpaired) electrons. The molecule has 174 valence electrons. The number of anilines is 1. The number of Topliss-reactive ketones (excluding diaryl/α,β-unsaturated/α-hetero) is 1. The highest BCUT2D eigenvalue weighted by molar-refractivity contribution is 5.91. The SMILES string of the molecule is CC(=O)c1ccc(Oc2ccc(C3(c4ccc(N5CC(C=O)C5)cc4)CCOCC3)cc2)nn1. The third-order valence-electron chi connectivity index (χ3n) is 6.86. The van der Waals surface area contributed by atoms with Crippen molar-refractivity contribution in [2.45, 2.75) is 25.2 Å². The van der Waals surface area contributed by atoms with E-state index < -0.39 is 0 Å². The van der Waals surface area contributed by atoms with Crippen molar-refractivity contribution >= 4 is 17.8 Å². The van der Waals surface area contributed by atoms with Gasteiger partial charge in [-0.05, 0) is 54.3 Å². The van der Waals surface area contributed by atoms with E-state index in [0.717, 1.165) is 37.9 Å². The van der Waals surface area contributed by atoms with E-state index in [0.29, 0.717) is 30.5 Å². The van der Waals surface area contributed by atoms with Crippen LogP contribution in [0.5, 0.6) is 11.6 Å². The van der Waals surface area contributed by atoms with Crippen LogP contribution in [-0.2, 0) is 14.9 Å². The predicted molar refractivity (Wildman–Crippen MR) is 128 cm³/mol. The summed E-state index contributed by atoms with van der Waals surface area (Å²) >= 11 is 0. The van der Waals surface area contributed by atoms with Crippen LogP contribution in [0.4, 0.5) is 5.69 Å². The maximum absolute atomic E-state index is 11.4. The number of nitrogens with zero attached hydrogens (tertiary/aromatic N) is 3. The van der Waals surface area contributed by atoms with Gasteiger partial charge in [-0.2, -0.15) is 0 Å². The van der Waals surface area contributed by atoms with Crippen molar-refractivity contribution in [1.82, 2.24) is 10.2 Å². The van der Waals surface area contributed by atoms with Crippen molar-refractivity contribution < 1.29 is 19.1 Å². The van der Waals surface area contributed by atoms with Gasteiger partial charge in [0.05, 0.1) is 0 Å². The van der Waals surface area contributed by atoms with Crippen molar-refractivity contribution in [3.8, 4) is 11.6 Å². The van der Waals surface area contributed by atoms with E-state index in [2.05, 4.69) is 51.5 Å². The number of carbonyl (C=O) groups excluding carboxylic acids is 2. The number of ketones is 1. The van der Waals surface area contributed by atoms with Crippen LogP contribution in [0.15, 0.2) is 60.7 Å². The van der Waals surface area contributed by atoms with Crippen LogP contribution in [0, 0.1) is 5.92 Å². The van der Waals surface area contributed by atoms with Gasteiger partial charge in [0.2, 0.25) is 5.88 Å². The molecule has 0 amide bonds. The van der Waals surface area contributed by atoms with Crippen molar-refractivity contribution in [2.75, 3.05) is 31.2 Å². The summed E-state index contributed by atoms with van der Waals surface area (Å²) in [5.74, 6) is 1.03. The quantitative estimate of drug-likeness (QED) is 0.388. The Bertz CT molecular complexity index is 1150. The Hall–Kier alpha value is -3.58. The lowest BCUT2D eigenvalue weighted by Gasteiger charge is -2.40. The Balaban J connectivity index is 1.35. The van der Waals surface area contributed by atoms with Gasteiger partial charge in [0.25, 0.3) is 0 Å². The van der Waals surface area contributed by atoms with Crippen LogP contribution in [0.1, 0.15) is 41.4 Å². The highest BCUT2D eigenvalue weighted by atomic mass is 16.5. The number of hydrogen-bond donors (Lipinski definition) is 0. The summed E-state index contributed by atoms with van der Waals surface area (Å²) in [5, 5.41) is 7.88. The lowest BCUT2D eigenvalue weighted by Crippen LogP contribution is -2.47. The van der Waals surface area contributed by atoms with Gasteiger partial charge in [0.15, 0.2) is 5.78 Å². The second-order valence-corrected chi connectivity index (χ2v) is 8.98. The van der Waals surface area contributed by atoms with Crippen LogP contribution in [0.25, 0.3) is 0 Å². The van der Waals surface area contributed by atoms with Crippen molar-refractivity contribution in [2.24, 2.45) is 5.92 Å². The molecule has 0 saturated carbocycles. The Morgan fingerprint density at radius 3 is 2.18 bits per heavy atom. The summed E-state index contributed by atoms with van der Waals surface area (Å²) in [6.45, 7) is 4.48. The maximum Gasteiger partial charge on any atom is 0.238 e. The fourth-order valence-corrected chi connectivity index (χ4v) is 4.79. The number of aromatic nitrogens is 2. The molecule has 7 heteroatoms. The standard InChI is InChI=1S/C27H27N3O4/c1-19(32)25-10-11-26(29-28-25)34-24-8-4-22(5-9-24)27(12-14-33-15-13-27)21-2-6-23(7-3-21)30-16-20(17-30)18-31/h2-11,18,20H,12-17H2,1H3. The first-order valence-corrected chi connectivity index (χ1v) is 11.6. The second-order valence-electron chi connectivity index (χ2n) is 8.98. The predicted octanol–water partition coefficient (Wildman–Crippen LogP) is 4.20. The summed E-state index contributed by atoms with van der Waals surface area (Å²) in [7, 11) is 0. The number of ether oxygens (including phenoxy) is 2. The first-order valence-electron chi connectivity index (χ1n) is 11.6. The fraction of sp³-hybridized carbons (Fsp3) is 0.333. The smallest absolute Gasteiger partial charge is 0.238 e. The third-order valence-corrected chi connectivity index (χ3v) is 6.86. The Morgan fingerprint density at radius 2 is 1.62 bits per heavy atom. The van der Waals surface area contributed by atoms with E-state index >= 15 is 0 Å². The lowest BCUT2D eigenvalue weighted by molar-refractivity contribution is -0.111. The monoisotopic (exact) mass is 457 g/mol. The molecule has 0 N–H and O–H groups in total. The molecule has 1 aromatic heterocycles. The summed E-state index contributed by atoms with van der Waals surface area (Å²) in [6.07, 6.45) is 2.85. The number of hydrogen-bond acceptors (Lipinski definition) is 7. The molecule has 34 heavy (non-hydrogen) atoms. The molecule has 3 heterocycles. The molecule has 2 fully saturated rings. The van der Waals surface area contributed by atoms with Gasteiger partial charge in [-0.25, -0.2) is 0 Å². The van der Waals surface area contributed by atoms with Crippen molar-refractivity contribution in [3.05, 3.63) is 77.5 Å². The highest BCUT2D eigenvalue weighted by Crippen LogP contribution is 2.42. The van der Waals surface area contributed by atoms with E-state index in [1.54, 1.807) is 12.1 Å². The molecule has 0 spiro atoms. The molecule has 7 nitrogen and oxygen atoms in total. The maximum atomic E-state index is 11.4. The normalized spacial score (nSPS) is 17.6. The molecule has 0 aliphatic carbocycles. The van der Waals surface area contributed by atoms with E-state index in [9.17, 15) is 9.59 Å². The van der Waals surface area contributed by atoms with Crippen LogP contribution < -0.4 is 9.64 Å². The molecule has 0 unspecified atom stereocenters. The van der Waals surface area contributed by atoms with Crippen LogP contribution in [-0.4, -0.2) is 48.6 Å². The first-order chi connectivity index (χ1) is 16.6. The van der Waals surface area contributed by atoms with Crippen molar-refractivity contribution in [3.63, 3.8) is 0 Å². The Morgan fingerprint density at radius 1 is 0.971 bits per heavy atom. The van der Waals surface area contributed by atoms with Gasteiger partial charge in [-0.1, -0.05) is 24.3 Å². The zero-order valence-corrected chi connectivity index (χ0v) is 19.1. The summed E-state index contributed by atoms with van der Waals surface area (Å²) in [6, 6.07) is 20.1. The number of aldehydes is 1. The molecule has 0 bridgehead atoms. The summed E-state index contributed by atoms with van der Waals surface area (Å²) in [5.41, 5.74) is 3.83. The topological polar surface area (TPSA) is 81.6 Å². The van der Waals surface area contributed by atoms with Crippen molar-refractivity contribution in [1.29, 1.82) is 0 Å². The molecule has 2 aliphatic heterocycles. The Kier molecular flexibility index (Phi) is 6.11. The van der Waals surface area contributed by atoms with E-state index in [-0.39, 0.29) is 17.1 Å². The molecule has 5 rings (SSSR count). The van der Waals surface area contributed by atoms with Gasteiger partial charge < -0.3 is 19.2 Å². The zero-order chi connectivity index (χ0) is 23.5. The molecule has 2 aliphatic rings. The number of rotatable bonds is 7. The van der Waals surface area contributed by atoms with E-state index in [1.165, 1.54) is 18.1 Å². The minimum absolute atomic E-state index is 0.126. The minimum Gasteiger partial charge on any atom is -0.438 e. The summed E-state index contributed by atoms with van der Waals surface area (Å²) < 4.78 is 11.5. The highest BCUT2D eigenvalue weighted by Gasteiger charge is 2.36. The average molecular weight is 458 g/mol. The average Bonchev–Trinajstić information content (AvgIpc) is 2.85. The van der Waals surface area contributed by atoms with Crippen LogP contribution >= 0.6 is 0 Å². The molecule has 0 atom stereocenters. The van der Waals surface area contributed by atoms with Gasteiger partial charge >= 0.3 is 0 Å². The summed E-state index contributed by atoms with van der Waals surface area (Å²) in [4.78, 5) is 24.5. The number of benzene rings is 2. The van der Waals surface area contributed by atoms with Gasteiger partial charge in [0, 0.05) is 56.3 Å². The largest absolute Gasteiger partial charge is 0.438 e. The molecule has 2 aromatic carbocycles. The van der Waals surface area contributed by atoms with Gasteiger partial charge in [-0.15, -0.1) is 10.2 Å². The molecule has 3 aromatic rings. The molecule has 2 saturated heterocycles. The third kappa shape index (κ3) is 4.31. The fourth-order valence-electron chi connectivity index (χ4n) is 4.79. The zero-order valence-electron chi connectivity index (χ0n) is 19.1. The minimum atomic E-state index is -0.131. The first kappa shape index (κ1) is 22.2. The Labute approximate surface area is 198 Å². The second kappa shape index (κ2) is 9.35. The molecular weight excluding hydrogens is 430 g/mol. The van der Waals surface area contributed by atoms with Gasteiger partial charge in [0.1, 0.15) is 17.7 Å². The van der Waals surface area contributed by atoms with E-state index in [4.69, 9.17) is 9.47 Å².